The van der Waals surface area contributed by atoms with Crippen molar-refractivity contribution < 1.29 is 18.8 Å². The third-order valence-electron chi connectivity index (χ3n) is 3.84. The van der Waals surface area contributed by atoms with Crippen LogP contribution in [0.5, 0.6) is 5.75 Å². The van der Waals surface area contributed by atoms with Crippen molar-refractivity contribution in [3.8, 4) is 28.6 Å². The normalized spacial score (nSPS) is 10.6. The third kappa shape index (κ3) is 4.92. The fraction of sp³-hybridized carbons (Fsp3) is 0.250. The van der Waals surface area contributed by atoms with Gasteiger partial charge in [-0.3, -0.25) is 4.79 Å². The summed E-state index contributed by atoms with van der Waals surface area (Å²) < 4.78 is 15.9. The van der Waals surface area contributed by atoms with Crippen LogP contribution in [0.2, 0.25) is 0 Å². The molecule has 0 aliphatic carbocycles. The number of nitrogens with one attached hydrogen (secondary N) is 1. The lowest BCUT2D eigenvalue weighted by Crippen LogP contribution is -2.31. The third-order valence-corrected chi connectivity index (χ3v) is 3.84. The van der Waals surface area contributed by atoms with E-state index < -0.39 is 0 Å². The molecule has 1 N–H and O–H groups in total. The number of ether oxygens (including phenoxy) is 2. The number of benzene rings is 2. The van der Waals surface area contributed by atoms with Gasteiger partial charge in [0.05, 0.1) is 12.2 Å². The maximum Gasteiger partial charge on any atom is 0.262 e. The van der Waals surface area contributed by atoms with Crippen molar-refractivity contribution in [2.45, 2.75) is 6.92 Å². The molecule has 0 aliphatic heterocycles. The minimum atomic E-state index is -0.229. The fourth-order valence-corrected chi connectivity index (χ4v) is 2.41. The monoisotopic (exact) mass is 367 g/mol. The number of hydrogen-bond acceptors (Lipinski definition) is 6. The van der Waals surface area contributed by atoms with Crippen molar-refractivity contribution >= 4 is 5.91 Å². The number of hydrogen-bond donors (Lipinski definition) is 1. The molecule has 1 heterocycles. The molecule has 7 heteroatoms. The standard InChI is InChI=1S/C20H21N3O4/c1-14-7-9-15(10-8-14)19-22-20(27-23-19)16-5-3-4-6-17(16)26-13-18(24)21-11-12-25-2/h3-10H,11-13H2,1-2H3,(H,21,24). The summed E-state index contributed by atoms with van der Waals surface area (Å²) in [5.74, 6) is 1.10. The van der Waals surface area contributed by atoms with Gasteiger partial charge in [0.2, 0.25) is 5.82 Å². The van der Waals surface area contributed by atoms with Crippen LogP contribution in [-0.4, -0.2) is 42.9 Å². The van der Waals surface area contributed by atoms with Crippen LogP contribution in [0.15, 0.2) is 53.1 Å². The molecule has 0 spiro atoms. The highest BCUT2D eigenvalue weighted by atomic mass is 16.5. The van der Waals surface area contributed by atoms with Crippen LogP contribution in [0.3, 0.4) is 0 Å². The van der Waals surface area contributed by atoms with Gasteiger partial charge in [-0.25, -0.2) is 0 Å². The first-order chi connectivity index (χ1) is 13.2. The zero-order valence-electron chi connectivity index (χ0n) is 15.3. The average molecular weight is 367 g/mol. The number of aromatic nitrogens is 2. The average Bonchev–Trinajstić information content (AvgIpc) is 3.17. The van der Waals surface area contributed by atoms with Crippen LogP contribution < -0.4 is 10.1 Å². The van der Waals surface area contributed by atoms with Gasteiger partial charge in [-0.05, 0) is 19.1 Å². The Kier molecular flexibility index (Phi) is 6.17. The van der Waals surface area contributed by atoms with Crippen molar-refractivity contribution in [3.63, 3.8) is 0 Å². The Labute approximate surface area is 157 Å². The number of amides is 1. The first-order valence-corrected chi connectivity index (χ1v) is 8.56. The summed E-state index contributed by atoms with van der Waals surface area (Å²) in [6.07, 6.45) is 0. The van der Waals surface area contributed by atoms with E-state index >= 15 is 0 Å². The van der Waals surface area contributed by atoms with Gasteiger partial charge in [-0.15, -0.1) is 0 Å². The second-order valence-electron chi connectivity index (χ2n) is 5.92. The Morgan fingerprint density at radius 2 is 1.93 bits per heavy atom. The fourth-order valence-electron chi connectivity index (χ4n) is 2.41. The minimum absolute atomic E-state index is 0.111. The van der Waals surface area contributed by atoms with E-state index in [-0.39, 0.29) is 12.5 Å². The lowest BCUT2D eigenvalue weighted by atomic mass is 10.1. The lowest BCUT2D eigenvalue weighted by molar-refractivity contribution is -0.123. The molecule has 0 saturated heterocycles. The molecule has 0 bridgehead atoms. The second kappa shape index (κ2) is 8.95. The second-order valence-corrected chi connectivity index (χ2v) is 5.92. The van der Waals surface area contributed by atoms with E-state index in [1.807, 2.05) is 49.4 Å². The molecule has 0 radical (unpaired) electrons. The van der Waals surface area contributed by atoms with Gasteiger partial charge in [-0.2, -0.15) is 4.98 Å². The largest absolute Gasteiger partial charge is 0.483 e. The molecular formula is C20H21N3O4. The van der Waals surface area contributed by atoms with Crippen molar-refractivity contribution in [1.29, 1.82) is 0 Å². The molecule has 27 heavy (non-hydrogen) atoms. The maximum atomic E-state index is 11.8. The van der Waals surface area contributed by atoms with Crippen LogP contribution in [0.4, 0.5) is 0 Å². The van der Waals surface area contributed by atoms with E-state index in [1.54, 1.807) is 13.2 Å². The Hall–Kier alpha value is -3.19. The van der Waals surface area contributed by atoms with Crippen molar-refractivity contribution in [3.05, 3.63) is 54.1 Å². The van der Waals surface area contributed by atoms with Crippen molar-refractivity contribution in [2.75, 3.05) is 26.9 Å². The predicted molar refractivity (Wildman–Crippen MR) is 100 cm³/mol. The van der Waals surface area contributed by atoms with E-state index in [2.05, 4.69) is 15.5 Å². The number of nitrogens with zero attached hydrogens (tertiary/aromatic N) is 2. The van der Waals surface area contributed by atoms with Crippen LogP contribution in [-0.2, 0) is 9.53 Å². The van der Waals surface area contributed by atoms with E-state index in [1.165, 1.54) is 0 Å². The number of para-hydroxylation sites is 1. The zero-order valence-corrected chi connectivity index (χ0v) is 15.3. The molecule has 2 aromatic carbocycles. The number of rotatable bonds is 8. The Balaban J connectivity index is 1.72. The molecule has 0 saturated carbocycles. The first kappa shape index (κ1) is 18.6. The molecule has 0 atom stereocenters. The van der Waals surface area contributed by atoms with Gasteiger partial charge in [0.1, 0.15) is 5.75 Å². The number of carbonyl (C=O) groups excluding carboxylic acids is 1. The summed E-state index contributed by atoms with van der Waals surface area (Å²) in [5, 5.41) is 6.75. The van der Waals surface area contributed by atoms with Crippen molar-refractivity contribution in [2.24, 2.45) is 0 Å². The zero-order chi connectivity index (χ0) is 19.1. The van der Waals surface area contributed by atoms with E-state index in [0.29, 0.717) is 36.2 Å². The molecule has 1 amide bonds. The smallest absolute Gasteiger partial charge is 0.262 e. The Morgan fingerprint density at radius 1 is 1.15 bits per heavy atom. The first-order valence-electron chi connectivity index (χ1n) is 8.56. The quantitative estimate of drug-likeness (QED) is 0.616. The van der Waals surface area contributed by atoms with E-state index in [4.69, 9.17) is 14.0 Å². The highest BCUT2D eigenvalue weighted by Gasteiger charge is 2.15. The summed E-state index contributed by atoms with van der Waals surface area (Å²) >= 11 is 0. The molecule has 3 aromatic rings. The summed E-state index contributed by atoms with van der Waals surface area (Å²) in [5.41, 5.74) is 2.66. The van der Waals surface area contributed by atoms with Crippen LogP contribution in [0.25, 0.3) is 22.8 Å². The molecule has 0 aliphatic rings. The molecular weight excluding hydrogens is 346 g/mol. The minimum Gasteiger partial charge on any atom is -0.483 e. The van der Waals surface area contributed by atoms with Crippen LogP contribution >= 0.6 is 0 Å². The van der Waals surface area contributed by atoms with E-state index in [0.717, 1.165) is 11.1 Å². The van der Waals surface area contributed by atoms with E-state index in [9.17, 15) is 4.79 Å². The summed E-state index contributed by atoms with van der Waals surface area (Å²) in [6.45, 7) is 2.79. The maximum absolute atomic E-state index is 11.8. The molecule has 0 unspecified atom stereocenters. The Morgan fingerprint density at radius 3 is 2.70 bits per heavy atom. The highest BCUT2D eigenvalue weighted by Crippen LogP contribution is 2.30. The number of carbonyl (C=O) groups is 1. The van der Waals surface area contributed by atoms with Crippen LogP contribution in [0, 0.1) is 6.92 Å². The number of aryl methyl sites for hydroxylation is 1. The van der Waals surface area contributed by atoms with Crippen molar-refractivity contribution in [1.82, 2.24) is 15.5 Å². The molecule has 7 nitrogen and oxygen atoms in total. The lowest BCUT2D eigenvalue weighted by Gasteiger charge is -2.09. The molecule has 3 rings (SSSR count). The SMILES string of the molecule is COCCNC(=O)COc1ccccc1-c1nc(-c2ccc(C)cc2)no1. The van der Waals surface area contributed by atoms with Gasteiger partial charge in [0.25, 0.3) is 11.8 Å². The molecule has 0 fully saturated rings. The van der Waals surface area contributed by atoms with Gasteiger partial charge in [0.15, 0.2) is 6.61 Å². The summed E-state index contributed by atoms with van der Waals surface area (Å²) in [6, 6.07) is 15.1. The Bertz CT molecular complexity index is 890. The van der Waals surface area contributed by atoms with Gasteiger partial charge >= 0.3 is 0 Å². The number of methoxy groups -OCH3 is 1. The summed E-state index contributed by atoms with van der Waals surface area (Å²) in [4.78, 5) is 16.3. The summed E-state index contributed by atoms with van der Waals surface area (Å²) in [7, 11) is 1.58. The predicted octanol–water partition coefficient (Wildman–Crippen LogP) is 2.85. The highest BCUT2D eigenvalue weighted by molar-refractivity contribution is 5.78. The molecule has 1 aromatic heterocycles. The molecule has 140 valence electrons. The van der Waals surface area contributed by atoms with Gasteiger partial charge < -0.3 is 19.3 Å². The topological polar surface area (TPSA) is 86.5 Å². The van der Waals surface area contributed by atoms with Crippen LogP contribution in [0.1, 0.15) is 5.56 Å². The van der Waals surface area contributed by atoms with Gasteiger partial charge in [-0.1, -0.05) is 47.1 Å². The van der Waals surface area contributed by atoms with Gasteiger partial charge in [0, 0.05) is 19.2 Å².